The van der Waals surface area contributed by atoms with Gasteiger partial charge in [-0.15, -0.1) is 0 Å². The summed E-state index contributed by atoms with van der Waals surface area (Å²) in [4.78, 5) is 11.5. The standard InChI is InChI=1S/2C27H27N.3C21H15NO.10C2H6/c1-26(2)22-16-10-11-17-23(22)28(5)25-21-15-9-7-13-19(21)18-12-6-8-14-20(18)24(25)27(26,3)4;1-26(2)22-12-8-9-13-24(22)28(5)25-17-21-15-19-11-7-6-10-18(19)14-20(21)16-23(25)27(26,3)4;1-22-18-10-14-6-2-4-8-16(14)12-20(18)23-21-13-17-9-5-3-7-15(17)11-19(21)22;1-22-20-16-8-4-2-6-14(16)10-12-18(20)23-19-13-11-15-7-3-5-9-17(15)21(19)22;1-22-18-12-10-14-6-2-4-8-16(14)20(18)23-21-17-9-5-3-7-15(17)11-13-19(21)22;10*1-2/h2*6-17H,1-5H3;3*2-13H,1H3;10*1-2H3. The van der Waals surface area contributed by atoms with E-state index in [1.54, 1.807) is 0 Å². The normalized spacial score (nSPS) is 13.2. The van der Waals surface area contributed by atoms with Gasteiger partial charge >= 0.3 is 0 Å². The molecule has 0 atom stereocenters. The second-order valence-electron chi connectivity index (χ2n) is 36.2. The molecule has 0 fully saturated rings. The quantitative estimate of drug-likeness (QED) is 0.110. The lowest BCUT2D eigenvalue weighted by Crippen LogP contribution is -2.39. The molecule has 0 N–H and O–H groups in total. The van der Waals surface area contributed by atoms with Crippen LogP contribution in [0.3, 0.4) is 0 Å². The van der Waals surface area contributed by atoms with Gasteiger partial charge in [-0.25, -0.2) is 0 Å². The van der Waals surface area contributed by atoms with Crippen molar-refractivity contribution in [1.82, 2.24) is 0 Å². The summed E-state index contributed by atoms with van der Waals surface area (Å²) in [6, 6.07) is 130. The lowest BCUT2D eigenvalue weighted by Gasteiger charge is -2.42. The number of anilines is 10. The van der Waals surface area contributed by atoms with Crippen molar-refractivity contribution in [3.63, 3.8) is 0 Å². The number of hydrogen-bond acceptors (Lipinski definition) is 8. The van der Waals surface area contributed by atoms with E-state index in [2.05, 4.69) is 479 Å². The molecule has 0 spiro atoms. The van der Waals surface area contributed by atoms with Gasteiger partial charge < -0.3 is 38.7 Å². The molecule has 20 aromatic rings. The van der Waals surface area contributed by atoms with Gasteiger partial charge in [0.2, 0.25) is 0 Å². The van der Waals surface area contributed by atoms with E-state index in [0.717, 1.165) is 79.4 Å². The Kier molecular flexibility index (Phi) is 37.9. The van der Waals surface area contributed by atoms with Crippen molar-refractivity contribution >= 4 is 165 Å². The smallest absolute Gasteiger partial charge is 0.159 e. The Morgan fingerprint density at radius 1 is 0.159 bits per heavy atom. The fourth-order valence-corrected chi connectivity index (χ4v) is 20.4. The molecule has 5 heterocycles. The molecule has 0 aromatic heterocycles. The molecule has 20 aromatic carbocycles. The largest absolute Gasteiger partial charge is 0.453 e. The topological polar surface area (TPSA) is 43.9 Å². The number of benzene rings is 20. The molecule has 5 aliphatic heterocycles. The summed E-state index contributed by atoms with van der Waals surface area (Å²) in [5.41, 5.74) is 17.6. The summed E-state index contributed by atoms with van der Waals surface area (Å²) in [5, 5.41) is 25.0. The summed E-state index contributed by atoms with van der Waals surface area (Å²) < 4.78 is 18.9. The highest BCUT2D eigenvalue weighted by Gasteiger charge is 2.48. The van der Waals surface area contributed by atoms with Crippen molar-refractivity contribution in [2.24, 2.45) is 0 Å². The van der Waals surface area contributed by atoms with Gasteiger partial charge in [0.05, 0.1) is 39.8 Å². The number of hydrogen-bond donors (Lipinski definition) is 0. The Hall–Kier alpha value is -14.6. The van der Waals surface area contributed by atoms with Crippen molar-refractivity contribution in [3.8, 4) is 34.5 Å². The minimum atomic E-state index is -0.0488. The highest BCUT2D eigenvalue weighted by molar-refractivity contribution is 6.17. The third-order valence-electron chi connectivity index (χ3n) is 28.6. The van der Waals surface area contributed by atoms with Crippen molar-refractivity contribution in [1.29, 1.82) is 0 Å². The van der Waals surface area contributed by atoms with Crippen LogP contribution in [0.15, 0.2) is 364 Å². The Morgan fingerprint density at radius 3 is 0.841 bits per heavy atom. The molecular weight excluding hydrogens is 1760 g/mol. The second kappa shape index (κ2) is 49.6. The van der Waals surface area contributed by atoms with Crippen LogP contribution in [0.4, 0.5) is 56.9 Å². The van der Waals surface area contributed by atoms with Gasteiger partial charge in [0.25, 0.3) is 0 Å². The maximum Gasteiger partial charge on any atom is 0.159 e. The van der Waals surface area contributed by atoms with E-state index in [9.17, 15) is 0 Å². The highest BCUT2D eigenvalue weighted by Crippen LogP contribution is 2.60. The highest BCUT2D eigenvalue weighted by atomic mass is 16.5. The van der Waals surface area contributed by atoms with Gasteiger partial charge in [0.1, 0.15) is 0 Å². The molecule has 25 rings (SSSR count). The van der Waals surface area contributed by atoms with Crippen LogP contribution in [0, 0.1) is 0 Å². The maximum absolute atomic E-state index is 6.43. The van der Waals surface area contributed by atoms with Crippen LogP contribution in [0.25, 0.3) is 108 Å². The number of nitrogens with zero attached hydrogens (tertiary/aromatic N) is 5. The summed E-state index contributed by atoms with van der Waals surface area (Å²) in [6.45, 7) is 59.2. The Morgan fingerprint density at radius 2 is 0.428 bits per heavy atom. The number of rotatable bonds is 0. The van der Waals surface area contributed by atoms with Crippen LogP contribution in [0.5, 0.6) is 34.5 Å². The minimum absolute atomic E-state index is 0.00757. The first kappa shape index (κ1) is 111. The molecule has 0 saturated carbocycles. The van der Waals surface area contributed by atoms with Gasteiger partial charge in [-0.2, -0.15) is 0 Å². The first-order chi connectivity index (χ1) is 70.6. The lowest BCUT2D eigenvalue weighted by molar-refractivity contribution is 0.307. The van der Waals surface area contributed by atoms with Gasteiger partial charge in [-0.3, -0.25) is 0 Å². The second-order valence-corrected chi connectivity index (χ2v) is 36.2. The lowest BCUT2D eigenvalue weighted by atomic mass is 9.60. The predicted molar refractivity (Wildman–Crippen MR) is 646 cm³/mol. The predicted octanol–water partition coefficient (Wildman–Crippen LogP) is 42.5. The van der Waals surface area contributed by atoms with Crippen molar-refractivity contribution in [3.05, 3.63) is 386 Å². The summed E-state index contributed by atoms with van der Waals surface area (Å²) in [6.07, 6.45) is 0. The number of fused-ring (bicyclic) bond motifs is 27. The van der Waals surface area contributed by atoms with E-state index in [1.165, 1.54) is 142 Å². The van der Waals surface area contributed by atoms with Crippen LogP contribution in [0.1, 0.15) is 216 Å². The first-order valence-electron chi connectivity index (χ1n) is 53.6. The maximum atomic E-state index is 6.43. The van der Waals surface area contributed by atoms with Crippen molar-refractivity contribution in [2.75, 3.05) is 59.7 Å². The third-order valence-corrected chi connectivity index (χ3v) is 28.6. The Bertz CT molecular complexity index is 7530. The zero-order chi connectivity index (χ0) is 106. The molecule has 0 aliphatic carbocycles. The zero-order valence-electron chi connectivity index (χ0n) is 93.1. The van der Waals surface area contributed by atoms with Crippen LogP contribution < -0.4 is 38.7 Å². The van der Waals surface area contributed by atoms with E-state index in [0.29, 0.717) is 0 Å². The van der Waals surface area contributed by atoms with Crippen molar-refractivity contribution < 1.29 is 14.2 Å². The SMILES string of the molecule is CC.CC.CC.CC.CC.CC.CC.CC.CC.CC.CN1c2c(ccc3ccccc23)Oc2ccc3ccccc3c21.CN1c2cc3ccccc3cc2Oc2cc3ccccc3cc21.CN1c2ccc3ccccc3c2Oc2c1ccc1ccccc21.CN1c2ccccc2C(C)(C)C(C)(C)c2c1c1ccccc1c1ccccc21.CN1c2ccccc2C(C)(C)C(C)(C)c2cc3cc4ccccc4cc3cc21. The average Bonchev–Trinajstić information content (AvgIpc) is 1.55. The molecule has 8 nitrogen and oxygen atoms in total. The minimum Gasteiger partial charge on any atom is -0.453 e. The molecule has 750 valence electrons. The number of ether oxygens (including phenoxy) is 3. The van der Waals surface area contributed by atoms with E-state index in [-0.39, 0.29) is 21.7 Å². The van der Waals surface area contributed by atoms with Gasteiger partial charge in [0.15, 0.2) is 34.5 Å². The molecule has 5 aliphatic rings. The Labute approximate surface area is 868 Å². The van der Waals surface area contributed by atoms with Crippen LogP contribution >= 0.6 is 0 Å². The van der Waals surface area contributed by atoms with Gasteiger partial charge in [-0.05, 0) is 188 Å². The zero-order valence-corrected chi connectivity index (χ0v) is 93.1. The molecule has 0 radical (unpaired) electrons. The van der Waals surface area contributed by atoms with E-state index < -0.39 is 0 Å². The molecule has 145 heavy (non-hydrogen) atoms. The summed E-state index contributed by atoms with van der Waals surface area (Å²) in [5.74, 6) is 5.52. The fraction of sp³-hybridized carbons (Fsp3) is 0.270. The van der Waals surface area contributed by atoms with Crippen LogP contribution in [-0.2, 0) is 21.7 Å². The monoisotopic (exact) mass is 1920 g/mol. The van der Waals surface area contributed by atoms with Gasteiger partial charge in [-0.1, -0.05) is 473 Å². The van der Waals surface area contributed by atoms with E-state index in [1.807, 2.05) is 138 Å². The summed E-state index contributed by atoms with van der Waals surface area (Å²) in [7, 11) is 10.8. The first-order valence-corrected chi connectivity index (χ1v) is 53.6. The average molecular weight is 1920 g/mol. The summed E-state index contributed by atoms with van der Waals surface area (Å²) >= 11 is 0. The van der Waals surface area contributed by atoms with E-state index in [4.69, 9.17) is 14.2 Å². The van der Waals surface area contributed by atoms with Crippen LogP contribution in [0.2, 0.25) is 0 Å². The molecule has 0 saturated heterocycles. The van der Waals surface area contributed by atoms with Gasteiger partial charge in [0, 0.05) is 101 Å². The Balaban J connectivity index is 0.000000165. The van der Waals surface area contributed by atoms with Crippen molar-refractivity contribution in [2.45, 2.75) is 216 Å². The molecule has 0 unspecified atom stereocenters. The fourth-order valence-electron chi connectivity index (χ4n) is 20.4. The molecule has 0 amide bonds. The number of para-hydroxylation sites is 2. The molecule has 8 heteroatoms. The third kappa shape index (κ3) is 21.0. The molecular formula is C137H159N5O3. The molecule has 0 bridgehead atoms. The van der Waals surface area contributed by atoms with Crippen LogP contribution in [-0.4, -0.2) is 35.2 Å². The van der Waals surface area contributed by atoms with E-state index >= 15 is 0 Å².